The van der Waals surface area contributed by atoms with E-state index in [0.717, 1.165) is 24.3 Å². The van der Waals surface area contributed by atoms with Crippen molar-refractivity contribution in [2.75, 3.05) is 22.4 Å². The van der Waals surface area contributed by atoms with Gasteiger partial charge in [0.15, 0.2) is 0 Å². The number of carbonyl (C=O) groups excluding carboxylic acids is 1. The van der Waals surface area contributed by atoms with Crippen LogP contribution in [0.2, 0.25) is 10.0 Å². The number of thioether (sulfide) groups is 1. The van der Waals surface area contributed by atoms with Crippen LogP contribution in [0.1, 0.15) is 23.2 Å². The third-order valence-corrected chi connectivity index (χ3v) is 8.16. The van der Waals surface area contributed by atoms with Crippen molar-refractivity contribution in [3.05, 3.63) is 70.7 Å². The van der Waals surface area contributed by atoms with E-state index in [4.69, 9.17) is 23.2 Å². The van der Waals surface area contributed by atoms with E-state index in [9.17, 15) is 13.2 Å². The number of nitrogens with one attached hydrogen (secondary N) is 1. The van der Waals surface area contributed by atoms with Gasteiger partial charge in [0.2, 0.25) is 0 Å². The summed E-state index contributed by atoms with van der Waals surface area (Å²) in [6.07, 6.45) is 3.27. The largest absolute Gasteiger partial charge is 0.349 e. The normalized spacial score (nSPS) is 14.9. The highest BCUT2D eigenvalue weighted by Crippen LogP contribution is 2.28. The second-order valence-corrected chi connectivity index (χ2v) is 10.7. The lowest BCUT2D eigenvalue weighted by Crippen LogP contribution is -2.37. The molecule has 0 spiro atoms. The Hall–Kier alpha value is -1.67. The zero-order chi connectivity index (χ0) is 21.7. The number of halogens is 2. The molecule has 2 aromatic carbocycles. The SMILES string of the molecule is C=CCN(c1ccc(Cl)cc1)S(=O)(=O)c1ccc(Cl)c(C(=O)NC2CCSCC2)c1. The lowest BCUT2D eigenvalue weighted by Gasteiger charge is -2.24. The molecule has 1 amide bonds. The van der Waals surface area contributed by atoms with Crippen LogP contribution in [0.25, 0.3) is 0 Å². The van der Waals surface area contributed by atoms with Gasteiger partial charge in [-0.1, -0.05) is 29.3 Å². The van der Waals surface area contributed by atoms with Gasteiger partial charge in [0.05, 0.1) is 27.7 Å². The quantitative estimate of drug-likeness (QED) is 0.561. The van der Waals surface area contributed by atoms with E-state index in [2.05, 4.69) is 11.9 Å². The van der Waals surface area contributed by atoms with Gasteiger partial charge in [-0.25, -0.2) is 8.42 Å². The Balaban J connectivity index is 1.92. The van der Waals surface area contributed by atoms with E-state index >= 15 is 0 Å². The zero-order valence-corrected chi connectivity index (χ0v) is 19.3. The van der Waals surface area contributed by atoms with Gasteiger partial charge in [-0.3, -0.25) is 9.10 Å². The van der Waals surface area contributed by atoms with Crippen molar-refractivity contribution in [1.82, 2.24) is 5.32 Å². The molecule has 0 aromatic heterocycles. The van der Waals surface area contributed by atoms with Crippen LogP contribution in [0, 0.1) is 0 Å². The smallest absolute Gasteiger partial charge is 0.264 e. The number of hydrogen-bond donors (Lipinski definition) is 1. The molecule has 1 aliphatic heterocycles. The number of nitrogens with zero attached hydrogens (tertiary/aromatic N) is 1. The third-order valence-electron chi connectivity index (χ3n) is 4.74. The Labute approximate surface area is 191 Å². The molecule has 0 atom stereocenters. The summed E-state index contributed by atoms with van der Waals surface area (Å²) in [6, 6.07) is 10.7. The van der Waals surface area contributed by atoms with Gasteiger partial charge in [-0.15, -0.1) is 6.58 Å². The van der Waals surface area contributed by atoms with Gasteiger partial charge in [-0.05, 0) is 66.8 Å². The Bertz CT molecular complexity index is 1020. The Morgan fingerprint density at radius 1 is 1.17 bits per heavy atom. The van der Waals surface area contributed by atoms with Crippen molar-refractivity contribution in [3.8, 4) is 0 Å². The topological polar surface area (TPSA) is 66.5 Å². The molecule has 160 valence electrons. The van der Waals surface area contributed by atoms with Crippen LogP contribution < -0.4 is 9.62 Å². The highest BCUT2D eigenvalue weighted by atomic mass is 35.5. The fraction of sp³-hybridized carbons (Fsp3) is 0.286. The van der Waals surface area contributed by atoms with Crippen LogP contribution in [0.3, 0.4) is 0 Å². The Morgan fingerprint density at radius 3 is 2.47 bits per heavy atom. The molecule has 3 rings (SSSR count). The van der Waals surface area contributed by atoms with E-state index < -0.39 is 10.0 Å². The predicted molar refractivity (Wildman–Crippen MR) is 125 cm³/mol. The van der Waals surface area contributed by atoms with E-state index in [0.29, 0.717) is 10.7 Å². The highest BCUT2D eigenvalue weighted by molar-refractivity contribution is 7.99. The summed E-state index contributed by atoms with van der Waals surface area (Å²) in [5, 5.41) is 3.68. The highest BCUT2D eigenvalue weighted by Gasteiger charge is 2.26. The molecule has 9 heteroatoms. The van der Waals surface area contributed by atoms with E-state index in [1.807, 2.05) is 11.8 Å². The molecule has 1 fully saturated rings. The van der Waals surface area contributed by atoms with Gasteiger partial charge >= 0.3 is 0 Å². The second-order valence-electron chi connectivity index (χ2n) is 6.80. The van der Waals surface area contributed by atoms with Crippen molar-refractivity contribution in [2.24, 2.45) is 0 Å². The first kappa shape index (κ1) is 23.0. The first-order chi connectivity index (χ1) is 14.3. The molecule has 1 N–H and O–H groups in total. The molecule has 0 bridgehead atoms. The van der Waals surface area contributed by atoms with Crippen molar-refractivity contribution < 1.29 is 13.2 Å². The fourth-order valence-electron chi connectivity index (χ4n) is 3.14. The van der Waals surface area contributed by atoms with Gasteiger partial charge in [0.1, 0.15) is 0 Å². The monoisotopic (exact) mass is 484 g/mol. The van der Waals surface area contributed by atoms with Crippen molar-refractivity contribution >= 4 is 56.6 Å². The maximum Gasteiger partial charge on any atom is 0.264 e. The summed E-state index contributed by atoms with van der Waals surface area (Å²) >= 11 is 14.0. The molecular formula is C21H22Cl2N2O3S2. The van der Waals surface area contributed by atoms with Crippen LogP contribution in [0.4, 0.5) is 5.69 Å². The predicted octanol–water partition coefficient (Wildman–Crippen LogP) is 5.00. The van der Waals surface area contributed by atoms with Crippen molar-refractivity contribution in [3.63, 3.8) is 0 Å². The number of benzene rings is 2. The summed E-state index contributed by atoms with van der Waals surface area (Å²) < 4.78 is 27.9. The maximum absolute atomic E-state index is 13.4. The van der Waals surface area contributed by atoms with Crippen LogP contribution in [0.5, 0.6) is 0 Å². The standard InChI is InChI=1S/C21H22Cl2N2O3S2/c1-2-11-25(17-5-3-15(22)4-6-17)30(27,28)18-7-8-20(23)19(14-18)21(26)24-16-9-12-29-13-10-16/h2-8,14,16H,1,9-13H2,(H,24,26). The zero-order valence-electron chi connectivity index (χ0n) is 16.2. The van der Waals surface area contributed by atoms with Crippen LogP contribution >= 0.6 is 35.0 Å². The summed E-state index contributed by atoms with van der Waals surface area (Å²) in [5.74, 6) is 1.62. The van der Waals surface area contributed by atoms with Crippen molar-refractivity contribution in [1.29, 1.82) is 0 Å². The number of anilines is 1. The van der Waals surface area contributed by atoms with E-state index in [-0.39, 0.29) is 34.0 Å². The number of sulfonamides is 1. The summed E-state index contributed by atoms with van der Waals surface area (Å²) in [7, 11) is -3.96. The third kappa shape index (κ3) is 5.32. The molecule has 0 aliphatic carbocycles. The first-order valence-corrected chi connectivity index (χ1v) is 12.8. The van der Waals surface area contributed by atoms with Crippen LogP contribution in [-0.2, 0) is 10.0 Å². The minimum atomic E-state index is -3.96. The summed E-state index contributed by atoms with van der Waals surface area (Å²) in [5.41, 5.74) is 0.589. The fourth-order valence-corrected chi connectivity index (χ4v) is 6.04. The van der Waals surface area contributed by atoms with Crippen LogP contribution in [0.15, 0.2) is 60.0 Å². The van der Waals surface area contributed by atoms with Gasteiger partial charge in [-0.2, -0.15) is 11.8 Å². The average molecular weight is 485 g/mol. The summed E-state index contributed by atoms with van der Waals surface area (Å²) in [4.78, 5) is 12.8. The molecule has 5 nitrogen and oxygen atoms in total. The van der Waals surface area contributed by atoms with Crippen molar-refractivity contribution in [2.45, 2.75) is 23.8 Å². The minimum Gasteiger partial charge on any atom is -0.349 e. The molecule has 30 heavy (non-hydrogen) atoms. The van der Waals surface area contributed by atoms with Gasteiger partial charge in [0, 0.05) is 11.1 Å². The first-order valence-electron chi connectivity index (χ1n) is 9.40. The lowest BCUT2D eigenvalue weighted by atomic mass is 10.1. The van der Waals surface area contributed by atoms with E-state index in [1.54, 1.807) is 24.3 Å². The number of rotatable bonds is 7. The minimum absolute atomic E-state index is 0.0203. The van der Waals surface area contributed by atoms with Crippen LogP contribution in [-0.4, -0.2) is 38.4 Å². The number of hydrogen-bond acceptors (Lipinski definition) is 4. The molecule has 0 saturated carbocycles. The Morgan fingerprint density at radius 2 is 1.83 bits per heavy atom. The van der Waals surface area contributed by atoms with Gasteiger partial charge in [0.25, 0.3) is 15.9 Å². The molecule has 2 aromatic rings. The molecule has 0 radical (unpaired) electrons. The summed E-state index contributed by atoms with van der Waals surface area (Å²) in [6.45, 7) is 3.72. The lowest BCUT2D eigenvalue weighted by molar-refractivity contribution is 0.0935. The average Bonchev–Trinajstić information content (AvgIpc) is 2.73. The number of carbonyl (C=O) groups is 1. The van der Waals surface area contributed by atoms with Gasteiger partial charge < -0.3 is 5.32 Å². The number of amides is 1. The molecule has 0 unspecified atom stereocenters. The van der Waals surface area contributed by atoms with E-state index in [1.165, 1.54) is 28.6 Å². The second kappa shape index (κ2) is 10.1. The Kier molecular flexibility index (Phi) is 7.74. The molecule has 1 saturated heterocycles. The maximum atomic E-state index is 13.4. The molecule has 1 heterocycles. The molecule has 1 aliphatic rings. The molecular weight excluding hydrogens is 463 g/mol.